The molecule has 1 aliphatic rings. The molecule has 0 atom stereocenters. The maximum atomic E-state index is 6.20. The van der Waals surface area contributed by atoms with E-state index in [1.807, 2.05) is 12.1 Å². The molecule has 8 aromatic carbocycles. The van der Waals surface area contributed by atoms with Crippen LogP contribution in [0.3, 0.4) is 0 Å². The third kappa shape index (κ3) is 6.67. The van der Waals surface area contributed by atoms with Crippen molar-refractivity contribution in [3.63, 3.8) is 0 Å². The Morgan fingerprint density at radius 1 is 0.373 bits per heavy atom. The summed E-state index contributed by atoms with van der Waals surface area (Å²) in [5.41, 5.74) is 16.5. The number of rotatable bonds is 8. The van der Waals surface area contributed by atoms with Gasteiger partial charge in [-0.3, -0.25) is 0 Å². The van der Waals surface area contributed by atoms with Gasteiger partial charge in [-0.1, -0.05) is 137 Å². The first-order valence-electron chi connectivity index (χ1n) is 20.8. The van der Waals surface area contributed by atoms with E-state index in [9.17, 15) is 0 Å². The van der Waals surface area contributed by atoms with Crippen molar-refractivity contribution in [3.8, 4) is 22.3 Å². The van der Waals surface area contributed by atoms with Crippen molar-refractivity contribution in [1.82, 2.24) is 0 Å². The highest BCUT2D eigenvalue weighted by molar-refractivity contribution is 6.12. The second-order valence-corrected chi connectivity index (χ2v) is 17.3. The average Bonchev–Trinajstić information content (AvgIpc) is 3.66. The van der Waals surface area contributed by atoms with Crippen LogP contribution in [-0.4, -0.2) is 0 Å². The third-order valence-electron chi connectivity index (χ3n) is 12.5. The van der Waals surface area contributed by atoms with Gasteiger partial charge in [0.1, 0.15) is 11.2 Å². The van der Waals surface area contributed by atoms with Gasteiger partial charge in [0, 0.05) is 44.9 Å². The maximum absolute atomic E-state index is 6.20. The van der Waals surface area contributed by atoms with E-state index in [0.29, 0.717) is 0 Å². The zero-order valence-corrected chi connectivity index (χ0v) is 34.2. The number of hydrogen-bond acceptors (Lipinski definition) is 3. The van der Waals surface area contributed by atoms with Crippen LogP contribution in [0, 0.1) is 0 Å². The minimum Gasteiger partial charge on any atom is -0.456 e. The predicted octanol–water partition coefficient (Wildman–Crippen LogP) is 16.2. The number of fused-ring (bicyclic) bond motifs is 4. The van der Waals surface area contributed by atoms with Crippen LogP contribution in [0.5, 0.6) is 0 Å². The molecular formula is C56H48N2O. The van der Waals surface area contributed by atoms with E-state index in [4.69, 9.17) is 4.42 Å². The molecule has 0 aliphatic heterocycles. The molecule has 0 saturated heterocycles. The van der Waals surface area contributed by atoms with Crippen LogP contribution < -0.4 is 9.80 Å². The van der Waals surface area contributed by atoms with Crippen LogP contribution in [-0.2, 0) is 10.8 Å². The normalized spacial score (nSPS) is 14.2. The van der Waals surface area contributed by atoms with E-state index >= 15 is 0 Å². The molecule has 0 spiro atoms. The molecule has 0 saturated carbocycles. The maximum Gasteiger partial charge on any atom is 0.136 e. The second kappa shape index (κ2) is 14.5. The van der Waals surface area contributed by atoms with Gasteiger partial charge < -0.3 is 14.2 Å². The fraction of sp³-hybridized carbons (Fsp3) is 0.143. The third-order valence-corrected chi connectivity index (χ3v) is 12.5. The van der Waals surface area contributed by atoms with Gasteiger partial charge in [-0.25, -0.2) is 0 Å². The van der Waals surface area contributed by atoms with Crippen LogP contribution in [0.1, 0.15) is 51.7 Å². The van der Waals surface area contributed by atoms with Gasteiger partial charge in [-0.2, -0.15) is 0 Å². The van der Waals surface area contributed by atoms with E-state index in [1.54, 1.807) is 0 Å². The lowest BCUT2D eigenvalue weighted by Crippen LogP contribution is -2.34. The lowest BCUT2D eigenvalue weighted by atomic mass is 9.63. The van der Waals surface area contributed by atoms with E-state index in [1.165, 1.54) is 46.3 Å². The SMILES string of the molecule is CC1(C)CCC(C)(C)c2cc(N(c3ccccc3)c3ccc(-c4ccc(N(c5ccccc5)c5ccc(-c6cccc7oc8ccccc8c67)cc5)cc4)cc3)ccc21. The van der Waals surface area contributed by atoms with Crippen molar-refractivity contribution in [2.45, 2.75) is 51.4 Å². The van der Waals surface area contributed by atoms with Crippen LogP contribution in [0.25, 0.3) is 44.2 Å². The summed E-state index contributed by atoms with van der Waals surface area (Å²) in [6, 6.07) is 70.0. The summed E-state index contributed by atoms with van der Waals surface area (Å²) in [4.78, 5) is 4.72. The Labute approximate surface area is 347 Å². The largest absolute Gasteiger partial charge is 0.456 e. The highest BCUT2D eigenvalue weighted by Crippen LogP contribution is 2.48. The molecular weight excluding hydrogens is 717 g/mol. The second-order valence-electron chi connectivity index (χ2n) is 17.3. The first kappa shape index (κ1) is 36.5. The number of anilines is 6. The molecule has 0 fully saturated rings. The molecule has 1 aromatic heterocycles. The van der Waals surface area contributed by atoms with Gasteiger partial charge in [-0.15, -0.1) is 0 Å². The van der Waals surface area contributed by atoms with Gasteiger partial charge in [-0.05, 0) is 142 Å². The Kier molecular flexibility index (Phi) is 8.98. The number of benzene rings is 8. The van der Waals surface area contributed by atoms with Crippen LogP contribution in [0.2, 0.25) is 0 Å². The number of nitrogens with zero attached hydrogens (tertiary/aromatic N) is 2. The molecule has 3 heteroatoms. The first-order chi connectivity index (χ1) is 28.7. The topological polar surface area (TPSA) is 19.6 Å². The quantitative estimate of drug-likeness (QED) is 0.154. The molecule has 0 N–H and O–H groups in total. The summed E-state index contributed by atoms with van der Waals surface area (Å²) in [7, 11) is 0. The molecule has 3 nitrogen and oxygen atoms in total. The Hall–Kier alpha value is -6.84. The molecule has 288 valence electrons. The van der Waals surface area contributed by atoms with Crippen molar-refractivity contribution >= 4 is 56.1 Å². The summed E-state index contributed by atoms with van der Waals surface area (Å²) in [6.45, 7) is 9.59. The number of hydrogen-bond donors (Lipinski definition) is 0. The number of para-hydroxylation sites is 3. The predicted molar refractivity (Wildman–Crippen MR) is 249 cm³/mol. The molecule has 1 heterocycles. The summed E-state index contributed by atoms with van der Waals surface area (Å²) in [5.74, 6) is 0. The first-order valence-corrected chi connectivity index (χ1v) is 20.8. The highest BCUT2D eigenvalue weighted by atomic mass is 16.3. The van der Waals surface area contributed by atoms with Crippen molar-refractivity contribution < 1.29 is 4.42 Å². The van der Waals surface area contributed by atoms with E-state index in [0.717, 1.165) is 55.9 Å². The fourth-order valence-corrected chi connectivity index (χ4v) is 9.18. The molecule has 0 bridgehead atoms. The minimum absolute atomic E-state index is 0.129. The van der Waals surface area contributed by atoms with Gasteiger partial charge >= 0.3 is 0 Å². The van der Waals surface area contributed by atoms with Crippen molar-refractivity contribution in [2.75, 3.05) is 9.80 Å². The van der Waals surface area contributed by atoms with Crippen LogP contribution >= 0.6 is 0 Å². The zero-order valence-electron chi connectivity index (χ0n) is 34.2. The fourth-order valence-electron chi connectivity index (χ4n) is 9.18. The van der Waals surface area contributed by atoms with Crippen LogP contribution in [0.4, 0.5) is 34.1 Å². The smallest absolute Gasteiger partial charge is 0.136 e. The van der Waals surface area contributed by atoms with E-state index in [2.05, 4.69) is 219 Å². The molecule has 9 aromatic rings. The van der Waals surface area contributed by atoms with Crippen LogP contribution in [0.15, 0.2) is 199 Å². The Balaban J connectivity index is 0.963. The Morgan fingerprint density at radius 3 is 1.39 bits per heavy atom. The van der Waals surface area contributed by atoms with Crippen molar-refractivity contribution in [1.29, 1.82) is 0 Å². The lowest BCUT2D eigenvalue weighted by Gasteiger charge is -2.42. The van der Waals surface area contributed by atoms with Gasteiger partial charge in [0.05, 0.1) is 0 Å². The summed E-state index contributed by atoms with van der Waals surface area (Å²) in [6.07, 6.45) is 2.39. The van der Waals surface area contributed by atoms with E-state index < -0.39 is 0 Å². The van der Waals surface area contributed by atoms with Crippen molar-refractivity contribution in [2.24, 2.45) is 0 Å². The molecule has 0 amide bonds. The summed E-state index contributed by atoms with van der Waals surface area (Å²) in [5, 5.41) is 2.29. The Morgan fingerprint density at radius 2 is 0.814 bits per heavy atom. The molecule has 59 heavy (non-hydrogen) atoms. The van der Waals surface area contributed by atoms with Gasteiger partial charge in [0.25, 0.3) is 0 Å². The minimum atomic E-state index is 0.129. The Bertz CT molecular complexity index is 2910. The van der Waals surface area contributed by atoms with Gasteiger partial charge in [0.15, 0.2) is 0 Å². The zero-order chi connectivity index (χ0) is 40.1. The highest BCUT2D eigenvalue weighted by Gasteiger charge is 2.37. The average molecular weight is 765 g/mol. The van der Waals surface area contributed by atoms with Gasteiger partial charge in [0.2, 0.25) is 0 Å². The lowest BCUT2D eigenvalue weighted by molar-refractivity contribution is 0.332. The number of furan rings is 1. The summed E-state index contributed by atoms with van der Waals surface area (Å²) >= 11 is 0. The molecule has 1 aliphatic carbocycles. The molecule has 10 rings (SSSR count). The monoisotopic (exact) mass is 764 g/mol. The molecule has 0 radical (unpaired) electrons. The van der Waals surface area contributed by atoms with Crippen molar-refractivity contribution in [3.05, 3.63) is 205 Å². The van der Waals surface area contributed by atoms with E-state index in [-0.39, 0.29) is 10.8 Å². The summed E-state index contributed by atoms with van der Waals surface area (Å²) < 4.78 is 6.20. The standard InChI is InChI=1S/C56H48N2O/c1-55(2)36-37-56(3,4)51-38-47(34-35-50(51)55)58(43-16-9-6-10-17-43)46-30-24-40(25-31-46)39-22-28-44(29-23-39)57(42-14-7-5-8-15-42)45-32-26-41(27-33-45)48-19-13-21-53-54(48)49-18-11-12-20-52(49)59-53/h5-35,38H,36-37H2,1-4H3. The molecule has 0 unspecified atom stereocenters.